The molecule has 27 heavy (non-hydrogen) atoms. The normalized spacial score (nSPS) is 18.0. The van der Waals surface area contributed by atoms with Crippen LogP contribution in [0.1, 0.15) is 30.5 Å². The van der Waals surface area contributed by atoms with Crippen molar-refractivity contribution < 1.29 is 9.59 Å². The fourth-order valence-electron chi connectivity index (χ4n) is 3.53. The quantitative estimate of drug-likeness (QED) is 0.734. The molecule has 6 nitrogen and oxygen atoms in total. The molecule has 4 N–H and O–H groups in total. The van der Waals surface area contributed by atoms with Crippen molar-refractivity contribution in [1.29, 1.82) is 0 Å². The largest absolute Gasteiger partial charge is 0.369 e. The number of anilines is 1. The number of nitrogens with one attached hydrogen (secondary N) is 2. The van der Waals surface area contributed by atoms with Crippen molar-refractivity contribution in [2.45, 2.75) is 31.8 Å². The average Bonchev–Trinajstić information content (AvgIpc) is 3.11. The Balaban J connectivity index is 1.55. The maximum atomic E-state index is 12.4. The Bertz CT molecular complexity index is 794. The van der Waals surface area contributed by atoms with Crippen LogP contribution in [0.2, 0.25) is 0 Å². The minimum Gasteiger partial charge on any atom is -0.369 e. The van der Waals surface area contributed by atoms with E-state index in [2.05, 4.69) is 46.7 Å². The van der Waals surface area contributed by atoms with Gasteiger partial charge in [-0.3, -0.25) is 9.69 Å². The summed E-state index contributed by atoms with van der Waals surface area (Å²) in [6.45, 7) is 3.95. The van der Waals surface area contributed by atoms with Crippen LogP contribution in [0.25, 0.3) is 0 Å². The van der Waals surface area contributed by atoms with Gasteiger partial charge in [-0.15, -0.1) is 0 Å². The lowest BCUT2D eigenvalue weighted by Crippen LogP contribution is -2.40. The maximum absolute atomic E-state index is 12.4. The molecule has 1 saturated heterocycles. The third-order valence-electron chi connectivity index (χ3n) is 5.01. The molecule has 0 aliphatic carbocycles. The SMILES string of the molecule is CC(c1ccccc1)N1CCC(NC(=O)Nc2ccccc2CC(N)=O)C1. The molecule has 0 radical (unpaired) electrons. The number of primary amides is 1. The second kappa shape index (κ2) is 8.68. The van der Waals surface area contributed by atoms with Gasteiger partial charge in [-0.1, -0.05) is 48.5 Å². The molecule has 1 aliphatic heterocycles. The summed E-state index contributed by atoms with van der Waals surface area (Å²) in [5.41, 5.74) is 7.88. The molecule has 0 bridgehead atoms. The molecule has 1 fully saturated rings. The highest BCUT2D eigenvalue weighted by molar-refractivity contribution is 5.91. The Kier molecular flexibility index (Phi) is 6.08. The molecule has 1 aliphatic rings. The van der Waals surface area contributed by atoms with E-state index in [1.54, 1.807) is 12.1 Å². The molecule has 3 rings (SSSR count). The fraction of sp³-hybridized carbons (Fsp3) is 0.333. The first-order chi connectivity index (χ1) is 13.0. The molecule has 2 unspecified atom stereocenters. The molecule has 6 heteroatoms. The van der Waals surface area contributed by atoms with E-state index in [0.29, 0.717) is 17.3 Å². The predicted octanol–water partition coefficient (Wildman–Crippen LogP) is 2.67. The zero-order chi connectivity index (χ0) is 19.2. The van der Waals surface area contributed by atoms with Gasteiger partial charge in [0.05, 0.1) is 6.42 Å². The van der Waals surface area contributed by atoms with Crippen LogP contribution >= 0.6 is 0 Å². The van der Waals surface area contributed by atoms with Crippen molar-refractivity contribution >= 4 is 17.6 Å². The van der Waals surface area contributed by atoms with Gasteiger partial charge in [0.2, 0.25) is 5.91 Å². The number of rotatable bonds is 6. The van der Waals surface area contributed by atoms with Gasteiger partial charge >= 0.3 is 6.03 Å². The number of nitrogens with zero attached hydrogens (tertiary/aromatic N) is 1. The minimum atomic E-state index is -0.425. The van der Waals surface area contributed by atoms with Gasteiger partial charge in [0.25, 0.3) is 0 Å². The summed E-state index contributed by atoms with van der Waals surface area (Å²) in [5, 5.41) is 5.88. The van der Waals surface area contributed by atoms with Crippen molar-refractivity contribution in [1.82, 2.24) is 10.2 Å². The molecule has 3 amide bonds. The van der Waals surface area contributed by atoms with Gasteiger partial charge in [-0.2, -0.15) is 0 Å². The number of likely N-dealkylation sites (tertiary alicyclic amines) is 1. The summed E-state index contributed by atoms with van der Waals surface area (Å²) in [6, 6.07) is 17.7. The number of para-hydroxylation sites is 1. The van der Waals surface area contributed by atoms with Crippen molar-refractivity contribution in [3.8, 4) is 0 Å². The third kappa shape index (κ3) is 5.08. The van der Waals surface area contributed by atoms with Crippen molar-refractivity contribution in [2.75, 3.05) is 18.4 Å². The second-order valence-electron chi connectivity index (χ2n) is 6.97. The van der Waals surface area contributed by atoms with Crippen molar-refractivity contribution in [3.63, 3.8) is 0 Å². The van der Waals surface area contributed by atoms with Gasteiger partial charge in [0, 0.05) is 30.9 Å². The number of benzene rings is 2. The third-order valence-corrected chi connectivity index (χ3v) is 5.01. The number of carbonyl (C=O) groups excluding carboxylic acids is 2. The number of urea groups is 1. The fourth-order valence-corrected chi connectivity index (χ4v) is 3.53. The van der Waals surface area contributed by atoms with E-state index in [-0.39, 0.29) is 18.5 Å². The van der Waals surface area contributed by atoms with Crippen LogP contribution < -0.4 is 16.4 Å². The first kappa shape index (κ1) is 18.9. The molecule has 2 atom stereocenters. The van der Waals surface area contributed by atoms with E-state index in [0.717, 1.165) is 19.5 Å². The monoisotopic (exact) mass is 366 g/mol. The van der Waals surface area contributed by atoms with Crippen LogP contribution in [-0.4, -0.2) is 36.0 Å². The summed E-state index contributed by atoms with van der Waals surface area (Å²) >= 11 is 0. The number of hydrogen-bond acceptors (Lipinski definition) is 3. The summed E-state index contributed by atoms with van der Waals surface area (Å²) in [6.07, 6.45) is 1.01. The van der Waals surface area contributed by atoms with Gasteiger partial charge < -0.3 is 16.4 Å². The molecule has 0 spiro atoms. The smallest absolute Gasteiger partial charge is 0.319 e. The van der Waals surface area contributed by atoms with E-state index in [1.165, 1.54) is 5.56 Å². The Morgan fingerprint density at radius 2 is 1.85 bits per heavy atom. The van der Waals surface area contributed by atoms with E-state index in [1.807, 2.05) is 18.2 Å². The standard InChI is InChI=1S/C21H26N4O2/c1-15(16-7-3-2-4-8-16)25-12-11-18(14-25)23-21(27)24-19-10-6-5-9-17(19)13-20(22)26/h2-10,15,18H,11-14H2,1H3,(H2,22,26)(H2,23,24,27). The van der Waals surface area contributed by atoms with E-state index in [4.69, 9.17) is 5.73 Å². The summed E-state index contributed by atoms with van der Waals surface area (Å²) in [7, 11) is 0. The lowest BCUT2D eigenvalue weighted by atomic mass is 10.1. The second-order valence-corrected chi connectivity index (χ2v) is 6.97. The summed E-state index contributed by atoms with van der Waals surface area (Å²) in [5.74, 6) is -0.425. The van der Waals surface area contributed by atoms with Crippen molar-refractivity contribution in [3.05, 3.63) is 65.7 Å². The molecule has 142 valence electrons. The lowest BCUT2D eigenvalue weighted by Gasteiger charge is -2.25. The highest BCUT2D eigenvalue weighted by Gasteiger charge is 2.27. The first-order valence-electron chi connectivity index (χ1n) is 9.25. The summed E-state index contributed by atoms with van der Waals surface area (Å²) in [4.78, 5) is 26.0. The van der Waals surface area contributed by atoms with E-state index >= 15 is 0 Å². The van der Waals surface area contributed by atoms with Crippen LogP contribution in [0.15, 0.2) is 54.6 Å². The highest BCUT2D eigenvalue weighted by atomic mass is 16.2. The predicted molar refractivity (Wildman–Crippen MR) is 106 cm³/mol. The zero-order valence-corrected chi connectivity index (χ0v) is 15.5. The molecule has 0 saturated carbocycles. The number of amides is 3. The van der Waals surface area contributed by atoms with Crippen LogP contribution in [0.3, 0.4) is 0 Å². The summed E-state index contributed by atoms with van der Waals surface area (Å²) < 4.78 is 0. The van der Waals surface area contributed by atoms with Crippen molar-refractivity contribution in [2.24, 2.45) is 5.73 Å². The van der Waals surface area contributed by atoms with Gasteiger partial charge in [0.15, 0.2) is 0 Å². The van der Waals surface area contributed by atoms with Crippen LogP contribution in [0.4, 0.5) is 10.5 Å². The van der Waals surface area contributed by atoms with Gasteiger partial charge in [-0.05, 0) is 30.5 Å². The molecule has 1 heterocycles. The van der Waals surface area contributed by atoms with Crippen LogP contribution in [0.5, 0.6) is 0 Å². The lowest BCUT2D eigenvalue weighted by molar-refractivity contribution is -0.117. The number of carbonyl (C=O) groups is 2. The number of nitrogens with two attached hydrogens (primary N) is 1. The molecule has 2 aromatic rings. The first-order valence-corrected chi connectivity index (χ1v) is 9.25. The molecule has 0 aromatic heterocycles. The molecule has 2 aromatic carbocycles. The Morgan fingerprint density at radius 1 is 1.15 bits per heavy atom. The van der Waals surface area contributed by atoms with Crippen LogP contribution in [-0.2, 0) is 11.2 Å². The van der Waals surface area contributed by atoms with Gasteiger partial charge in [-0.25, -0.2) is 4.79 Å². The number of hydrogen-bond donors (Lipinski definition) is 3. The van der Waals surface area contributed by atoms with Crippen LogP contribution in [0, 0.1) is 0 Å². The zero-order valence-electron chi connectivity index (χ0n) is 15.5. The Hall–Kier alpha value is -2.86. The van der Waals surface area contributed by atoms with E-state index in [9.17, 15) is 9.59 Å². The Labute approximate surface area is 159 Å². The maximum Gasteiger partial charge on any atom is 0.319 e. The average molecular weight is 366 g/mol. The van der Waals surface area contributed by atoms with Gasteiger partial charge in [0.1, 0.15) is 0 Å². The van der Waals surface area contributed by atoms with E-state index < -0.39 is 5.91 Å². The Morgan fingerprint density at radius 3 is 2.59 bits per heavy atom. The molecular weight excluding hydrogens is 340 g/mol. The minimum absolute atomic E-state index is 0.0967. The molecular formula is C21H26N4O2. The highest BCUT2D eigenvalue weighted by Crippen LogP contribution is 2.24. The topological polar surface area (TPSA) is 87.5 Å².